The summed E-state index contributed by atoms with van der Waals surface area (Å²) < 4.78 is 0. The van der Waals surface area contributed by atoms with Gasteiger partial charge < -0.3 is 4.90 Å². The highest BCUT2D eigenvalue weighted by Crippen LogP contribution is 2.30. The highest BCUT2D eigenvalue weighted by Gasteiger charge is 2.27. The van der Waals surface area contributed by atoms with Gasteiger partial charge in [0, 0.05) is 6.54 Å². The molecule has 0 aromatic carbocycles. The Kier molecular flexibility index (Phi) is 2.17. The fraction of sp³-hybridized carbons (Fsp3) is 1.00. The molecule has 3 aliphatic heterocycles. The van der Waals surface area contributed by atoms with Crippen molar-refractivity contribution >= 4 is 0 Å². The second-order valence-corrected chi connectivity index (χ2v) is 4.25. The van der Waals surface area contributed by atoms with Crippen molar-refractivity contribution in [1.82, 2.24) is 4.90 Å². The van der Waals surface area contributed by atoms with Crippen molar-refractivity contribution in [1.29, 1.82) is 0 Å². The number of hydrogen-bond acceptors (Lipinski definition) is 1. The lowest BCUT2D eigenvalue weighted by atomic mass is 9.90. The van der Waals surface area contributed by atoms with Crippen LogP contribution in [0, 0.1) is 11.8 Å². The molecule has 1 unspecified atom stereocenters. The molecule has 3 fully saturated rings. The van der Waals surface area contributed by atoms with Gasteiger partial charge in [-0.2, -0.15) is 0 Å². The summed E-state index contributed by atoms with van der Waals surface area (Å²) in [4.78, 5) is 2.66. The maximum atomic E-state index is 2.66. The van der Waals surface area contributed by atoms with Crippen LogP contribution in [0.3, 0.4) is 0 Å². The van der Waals surface area contributed by atoms with E-state index in [1.165, 1.54) is 45.3 Å². The summed E-state index contributed by atoms with van der Waals surface area (Å²) in [5.41, 5.74) is 0. The molecule has 3 aliphatic rings. The van der Waals surface area contributed by atoms with E-state index in [0.717, 1.165) is 11.8 Å². The van der Waals surface area contributed by atoms with Crippen molar-refractivity contribution in [2.75, 3.05) is 19.6 Å². The summed E-state index contributed by atoms with van der Waals surface area (Å²) in [5, 5.41) is 0. The van der Waals surface area contributed by atoms with E-state index in [-0.39, 0.29) is 0 Å². The molecule has 0 aromatic rings. The van der Waals surface area contributed by atoms with E-state index in [9.17, 15) is 0 Å². The molecule has 3 heterocycles. The van der Waals surface area contributed by atoms with Crippen LogP contribution in [0.15, 0.2) is 0 Å². The first-order valence-electron chi connectivity index (χ1n) is 5.11. The maximum Gasteiger partial charge on any atom is 0.000966 e. The first-order valence-corrected chi connectivity index (χ1v) is 5.11. The van der Waals surface area contributed by atoms with Gasteiger partial charge in [0.05, 0.1) is 0 Å². The third-order valence-electron chi connectivity index (χ3n) is 3.47. The molecule has 11 heavy (non-hydrogen) atoms. The Balaban J connectivity index is 2.00. The van der Waals surface area contributed by atoms with Crippen LogP contribution in [0.2, 0.25) is 0 Å². The van der Waals surface area contributed by atoms with Crippen molar-refractivity contribution < 1.29 is 0 Å². The van der Waals surface area contributed by atoms with Crippen LogP contribution in [0.25, 0.3) is 0 Å². The number of fused-ring (bicyclic) bond motifs is 4. The molecule has 1 atom stereocenters. The summed E-state index contributed by atoms with van der Waals surface area (Å²) in [5.74, 6) is 2.10. The fourth-order valence-corrected chi connectivity index (χ4v) is 2.61. The SMILES string of the molecule is CCC1CC2CCN(CC2)C1. The predicted molar refractivity (Wildman–Crippen MR) is 47.6 cm³/mol. The van der Waals surface area contributed by atoms with Crippen LogP contribution in [0.1, 0.15) is 32.6 Å². The number of rotatable bonds is 1. The molecule has 0 aromatic heterocycles. The molecule has 0 amide bonds. The van der Waals surface area contributed by atoms with Gasteiger partial charge in [-0.3, -0.25) is 0 Å². The number of nitrogens with zero attached hydrogens (tertiary/aromatic N) is 1. The van der Waals surface area contributed by atoms with Crippen LogP contribution < -0.4 is 0 Å². The van der Waals surface area contributed by atoms with E-state index >= 15 is 0 Å². The quantitative estimate of drug-likeness (QED) is 0.558. The van der Waals surface area contributed by atoms with Crippen molar-refractivity contribution in [3.05, 3.63) is 0 Å². The van der Waals surface area contributed by atoms with E-state index in [2.05, 4.69) is 11.8 Å². The van der Waals surface area contributed by atoms with Crippen LogP contribution in [0.4, 0.5) is 0 Å². The average Bonchev–Trinajstić information content (AvgIpc) is 2.35. The standard InChI is InChI=1S/C10H19N/c1-2-9-7-10-3-5-11(8-9)6-4-10/h9-10H,2-8H2,1H3. The first kappa shape index (κ1) is 7.60. The van der Waals surface area contributed by atoms with Gasteiger partial charge in [0.15, 0.2) is 0 Å². The summed E-state index contributed by atoms with van der Waals surface area (Å²) in [6.07, 6.45) is 5.88. The minimum absolute atomic E-state index is 1.02. The normalized spacial score (nSPS) is 43.9. The molecule has 0 saturated carbocycles. The highest BCUT2D eigenvalue weighted by molar-refractivity contribution is 4.81. The smallest absolute Gasteiger partial charge is 0.000966 e. The molecular formula is C10H19N. The molecule has 1 nitrogen and oxygen atoms in total. The Morgan fingerprint density at radius 3 is 2.64 bits per heavy atom. The molecule has 2 bridgehead atoms. The average molecular weight is 153 g/mol. The zero-order valence-electron chi connectivity index (χ0n) is 7.55. The van der Waals surface area contributed by atoms with Crippen LogP contribution >= 0.6 is 0 Å². The molecule has 0 radical (unpaired) electrons. The van der Waals surface area contributed by atoms with Crippen LogP contribution in [-0.2, 0) is 0 Å². The second-order valence-electron chi connectivity index (χ2n) is 4.25. The molecule has 0 N–H and O–H groups in total. The molecule has 0 spiro atoms. The third kappa shape index (κ3) is 1.58. The Morgan fingerprint density at radius 1 is 1.27 bits per heavy atom. The summed E-state index contributed by atoms with van der Waals surface area (Å²) in [6.45, 7) is 6.52. The Hall–Kier alpha value is -0.0400. The molecule has 3 rings (SSSR count). The van der Waals surface area contributed by atoms with E-state index in [1.807, 2.05) is 0 Å². The Labute approximate surface area is 69.8 Å². The lowest BCUT2D eigenvalue weighted by Gasteiger charge is -2.26. The van der Waals surface area contributed by atoms with Gasteiger partial charge in [0.1, 0.15) is 0 Å². The minimum atomic E-state index is 1.02. The van der Waals surface area contributed by atoms with Crippen molar-refractivity contribution in [2.24, 2.45) is 11.8 Å². The van der Waals surface area contributed by atoms with E-state index in [4.69, 9.17) is 0 Å². The van der Waals surface area contributed by atoms with Gasteiger partial charge in [-0.15, -0.1) is 0 Å². The summed E-state index contributed by atoms with van der Waals surface area (Å²) in [7, 11) is 0. The second kappa shape index (κ2) is 3.14. The van der Waals surface area contributed by atoms with Gasteiger partial charge in [0.25, 0.3) is 0 Å². The molecular weight excluding hydrogens is 134 g/mol. The molecule has 64 valence electrons. The Morgan fingerprint density at radius 2 is 2.00 bits per heavy atom. The maximum absolute atomic E-state index is 2.66. The highest BCUT2D eigenvalue weighted by atomic mass is 15.1. The van der Waals surface area contributed by atoms with Crippen LogP contribution in [0.5, 0.6) is 0 Å². The van der Waals surface area contributed by atoms with E-state index in [0.29, 0.717) is 0 Å². The number of hydrogen-bond donors (Lipinski definition) is 0. The van der Waals surface area contributed by atoms with Crippen molar-refractivity contribution in [2.45, 2.75) is 32.6 Å². The lowest BCUT2D eigenvalue weighted by Crippen LogP contribution is -2.31. The zero-order valence-corrected chi connectivity index (χ0v) is 7.55. The third-order valence-corrected chi connectivity index (χ3v) is 3.47. The molecule has 0 aliphatic carbocycles. The van der Waals surface area contributed by atoms with Gasteiger partial charge >= 0.3 is 0 Å². The number of piperidine rings is 1. The summed E-state index contributed by atoms with van der Waals surface area (Å²) in [6, 6.07) is 0. The molecule has 1 heteroatoms. The van der Waals surface area contributed by atoms with Crippen molar-refractivity contribution in [3.8, 4) is 0 Å². The topological polar surface area (TPSA) is 3.24 Å². The van der Waals surface area contributed by atoms with E-state index in [1.54, 1.807) is 0 Å². The van der Waals surface area contributed by atoms with Gasteiger partial charge in [0.2, 0.25) is 0 Å². The zero-order chi connectivity index (χ0) is 7.68. The first-order chi connectivity index (χ1) is 5.38. The largest absolute Gasteiger partial charge is 0.303 e. The minimum Gasteiger partial charge on any atom is -0.303 e. The van der Waals surface area contributed by atoms with Crippen LogP contribution in [-0.4, -0.2) is 24.5 Å². The van der Waals surface area contributed by atoms with E-state index < -0.39 is 0 Å². The fourth-order valence-electron chi connectivity index (χ4n) is 2.61. The lowest BCUT2D eigenvalue weighted by molar-refractivity contribution is 0.218. The van der Waals surface area contributed by atoms with Crippen molar-refractivity contribution in [3.63, 3.8) is 0 Å². The van der Waals surface area contributed by atoms with Gasteiger partial charge in [-0.05, 0) is 44.2 Å². The Bertz CT molecular complexity index is 111. The summed E-state index contributed by atoms with van der Waals surface area (Å²) >= 11 is 0. The van der Waals surface area contributed by atoms with Gasteiger partial charge in [-0.1, -0.05) is 13.3 Å². The molecule has 3 saturated heterocycles. The predicted octanol–water partition coefficient (Wildman–Crippen LogP) is 2.13. The van der Waals surface area contributed by atoms with Gasteiger partial charge in [-0.25, -0.2) is 0 Å². The monoisotopic (exact) mass is 153 g/mol.